The molecule has 0 aliphatic carbocycles. The molecule has 0 spiro atoms. The van der Waals surface area contributed by atoms with Crippen LogP contribution in [0.25, 0.3) is 0 Å². The molecule has 2 aromatic rings. The van der Waals surface area contributed by atoms with Crippen molar-refractivity contribution in [1.29, 1.82) is 0 Å². The monoisotopic (exact) mass is 410 g/mol. The highest BCUT2D eigenvalue weighted by atomic mass is 35.5. The number of benzene rings is 2. The molecule has 144 valence electrons. The van der Waals surface area contributed by atoms with Crippen molar-refractivity contribution in [3.8, 4) is 0 Å². The summed E-state index contributed by atoms with van der Waals surface area (Å²) in [5.41, 5.74) is 2.67. The van der Waals surface area contributed by atoms with E-state index in [4.69, 9.17) is 21.5 Å². The first-order valence-electron chi connectivity index (χ1n) is 7.86. The van der Waals surface area contributed by atoms with Gasteiger partial charge in [0, 0.05) is 0 Å². The Hall–Kier alpha value is -2.42. The number of nitrogens with one attached hydrogen (secondary N) is 1. The minimum absolute atomic E-state index is 0.0128. The van der Waals surface area contributed by atoms with Crippen LogP contribution in [0.2, 0.25) is 5.02 Å². The van der Waals surface area contributed by atoms with E-state index in [0.717, 1.165) is 17.2 Å². The second-order valence-electron chi connectivity index (χ2n) is 6.08. The summed E-state index contributed by atoms with van der Waals surface area (Å²) in [6.07, 6.45) is 0. The first-order chi connectivity index (χ1) is 12.5. The van der Waals surface area contributed by atoms with Crippen molar-refractivity contribution in [2.75, 3.05) is 11.9 Å². The average molecular weight is 411 g/mol. The molecule has 0 saturated carbocycles. The number of carbonyl (C=O) groups is 2. The van der Waals surface area contributed by atoms with Gasteiger partial charge in [0.15, 0.2) is 6.61 Å². The molecule has 0 fully saturated rings. The maximum absolute atomic E-state index is 12.2. The Morgan fingerprint density at radius 3 is 2.37 bits per heavy atom. The number of amides is 1. The predicted octanol–water partition coefficient (Wildman–Crippen LogP) is 2.71. The second kappa shape index (κ2) is 8.08. The van der Waals surface area contributed by atoms with Crippen LogP contribution in [-0.4, -0.2) is 26.9 Å². The van der Waals surface area contributed by atoms with Crippen LogP contribution >= 0.6 is 11.6 Å². The van der Waals surface area contributed by atoms with E-state index in [-0.39, 0.29) is 10.5 Å². The average Bonchev–Trinajstić information content (AvgIpc) is 2.55. The van der Waals surface area contributed by atoms with E-state index >= 15 is 0 Å². The minimum atomic E-state index is -3.96. The topological polar surface area (TPSA) is 116 Å². The summed E-state index contributed by atoms with van der Waals surface area (Å²) < 4.78 is 27.8. The van der Waals surface area contributed by atoms with Gasteiger partial charge in [-0.25, -0.2) is 18.4 Å². The Balaban J connectivity index is 2.09. The molecular formula is C18H19ClN2O5S. The van der Waals surface area contributed by atoms with Crippen LogP contribution in [0.1, 0.15) is 27.0 Å². The van der Waals surface area contributed by atoms with Gasteiger partial charge in [-0.1, -0.05) is 23.7 Å². The quantitative estimate of drug-likeness (QED) is 0.735. The number of hydrogen-bond acceptors (Lipinski definition) is 5. The van der Waals surface area contributed by atoms with Crippen LogP contribution < -0.4 is 10.5 Å². The first kappa shape index (κ1) is 20.9. The normalized spacial score (nSPS) is 11.1. The Morgan fingerprint density at radius 2 is 1.78 bits per heavy atom. The number of rotatable bonds is 5. The highest BCUT2D eigenvalue weighted by Gasteiger charge is 2.17. The van der Waals surface area contributed by atoms with Crippen molar-refractivity contribution in [1.82, 2.24) is 0 Å². The maximum atomic E-state index is 12.2. The van der Waals surface area contributed by atoms with Crippen LogP contribution in [0.15, 0.2) is 35.2 Å². The zero-order valence-corrected chi connectivity index (χ0v) is 16.6. The standard InChI is InChI=1S/C18H19ClN2O5S/c1-10-6-12(3)17(15(19)7-10)21-16(22)9-26-18(23)14-8-13(27(20,24)25)5-4-11(14)2/h4-8H,9H2,1-3H3,(H,21,22)(H2,20,24,25). The van der Waals surface area contributed by atoms with Crippen molar-refractivity contribution in [2.45, 2.75) is 25.7 Å². The lowest BCUT2D eigenvalue weighted by Gasteiger charge is -2.12. The fourth-order valence-corrected chi connectivity index (χ4v) is 3.36. The van der Waals surface area contributed by atoms with E-state index in [1.54, 1.807) is 19.9 Å². The van der Waals surface area contributed by atoms with E-state index in [2.05, 4.69) is 5.32 Å². The largest absolute Gasteiger partial charge is 0.452 e. The number of sulfonamides is 1. The summed E-state index contributed by atoms with van der Waals surface area (Å²) in [5.74, 6) is -1.41. The number of esters is 1. The molecule has 0 radical (unpaired) electrons. The lowest BCUT2D eigenvalue weighted by molar-refractivity contribution is -0.119. The van der Waals surface area contributed by atoms with Crippen LogP contribution in [0.3, 0.4) is 0 Å². The third-order valence-electron chi connectivity index (χ3n) is 3.79. The number of anilines is 1. The Labute approximate surface area is 162 Å². The van der Waals surface area contributed by atoms with E-state index < -0.39 is 28.5 Å². The van der Waals surface area contributed by atoms with Crippen LogP contribution in [0.5, 0.6) is 0 Å². The predicted molar refractivity (Wildman–Crippen MR) is 102 cm³/mol. The lowest BCUT2D eigenvalue weighted by Crippen LogP contribution is -2.22. The Morgan fingerprint density at radius 1 is 1.11 bits per heavy atom. The van der Waals surface area contributed by atoms with E-state index in [0.29, 0.717) is 16.3 Å². The van der Waals surface area contributed by atoms with Crippen LogP contribution in [-0.2, 0) is 19.6 Å². The fourth-order valence-electron chi connectivity index (χ4n) is 2.46. The molecule has 0 bridgehead atoms. The van der Waals surface area contributed by atoms with Crippen molar-refractivity contribution in [3.63, 3.8) is 0 Å². The van der Waals surface area contributed by atoms with Gasteiger partial charge in [0.25, 0.3) is 5.91 Å². The SMILES string of the molecule is Cc1cc(C)c(NC(=O)COC(=O)c2cc(S(N)(=O)=O)ccc2C)c(Cl)c1. The molecule has 0 heterocycles. The van der Waals surface area contributed by atoms with Crippen LogP contribution in [0, 0.1) is 20.8 Å². The van der Waals surface area contributed by atoms with Gasteiger partial charge in [-0.2, -0.15) is 0 Å². The van der Waals surface area contributed by atoms with Gasteiger partial charge in [0.05, 0.1) is 21.2 Å². The molecule has 2 rings (SSSR count). The first-order valence-corrected chi connectivity index (χ1v) is 9.78. The zero-order valence-electron chi connectivity index (χ0n) is 15.0. The molecule has 0 saturated heterocycles. The summed E-state index contributed by atoms with van der Waals surface area (Å²) in [5, 5.41) is 8.04. The highest BCUT2D eigenvalue weighted by Crippen LogP contribution is 2.27. The van der Waals surface area contributed by atoms with E-state index in [1.807, 2.05) is 13.0 Å². The lowest BCUT2D eigenvalue weighted by atomic mass is 10.1. The molecule has 0 unspecified atom stereocenters. The molecule has 0 aromatic heterocycles. The fraction of sp³-hybridized carbons (Fsp3) is 0.222. The summed E-state index contributed by atoms with van der Waals surface area (Å²) in [7, 11) is -3.96. The minimum Gasteiger partial charge on any atom is -0.452 e. The molecule has 9 heteroatoms. The number of halogens is 1. The summed E-state index contributed by atoms with van der Waals surface area (Å²) >= 11 is 6.13. The van der Waals surface area contributed by atoms with E-state index in [1.165, 1.54) is 12.1 Å². The van der Waals surface area contributed by atoms with Crippen molar-refractivity contribution < 1.29 is 22.7 Å². The smallest absolute Gasteiger partial charge is 0.338 e. The number of nitrogens with two attached hydrogens (primary N) is 1. The number of primary sulfonamides is 1. The molecule has 0 aliphatic rings. The second-order valence-corrected chi connectivity index (χ2v) is 8.05. The molecule has 1 amide bonds. The molecular weight excluding hydrogens is 392 g/mol. The molecule has 7 nitrogen and oxygen atoms in total. The molecule has 0 aliphatic heterocycles. The van der Waals surface area contributed by atoms with Gasteiger partial charge < -0.3 is 10.1 Å². The van der Waals surface area contributed by atoms with Crippen molar-refractivity contribution >= 4 is 39.2 Å². The van der Waals surface area contributed by atoms with Crippen molar-refractivity contribution in [2.24, 2.45) is 5.14 Å². The van der Waals surface area contributed by atoms with Crippen LogP contribution in [0.4, 0.5) is 5.69 Å². The Kier molecular flexibility index (Phi) is 6.25. The summed E-state index contributed by atoms with van der Waals surface area (Å²) in [4.78, 5) is 24.1. The van der Waals surface area contributed by atoms with Gasteiger partial charge >= 0.3 is 5.97 Å². The maximum Gasteiger partial charge on any atom is 0.338 e. The number of carbonyl (C=O) groups excluding carboxylic acids is 2. The zero-order chi connectivity index (χ0) is 20.4. The molecule has 3 N–H and O–H groups in total. The number of hydrogen-bond donors (Lipinski definition) is 2. The van der Waals surface area contributed by atoms with Gasteiger partial charge in [-0.05, 0) is 55.7 Å². The number of aryl methyl sites for hydroxylation is 3. The summed E-state index contributed by atoms with van der Waals surface area (Å²) in [6, 6.07) is 7.40. The van der Waals surface area contributed by atoms with E-state index in [9.17, 15) is 18.0 Å². The van der Waals surface area contributed by atoms with Gasteiger partial charge in [-0.3, -0.25) is 4.79 Å². The van der Waals surface area contributed by atoms with Gasteiger partial charge in [0.2, 0.25) is 10.0 Å². The van der Waals surface area contributed by atoms with Gasteiger partial charge in [-0.15, -0.1) is 0 Å². The molecule has 2 aromatic carbocycles. The highest BCUT2D eigenvalue weighted by molar-refractivity contribution is 7.89. The van der Waals surface area contributed by atoms with Crippen molar-refractivity contribution in [3.05, 3.63) is 57.6 Å². The molecule has 27 heavy (non-hydrogen) atoms. The molecule has 0 atom stereocenters. The summed E-state index contributed by atoms with van der Waals surface area (Å²) in [6.45, 7) is 4.73. The Bertz CT molecular complexity index is 995. The third-order valence-corrected chi connectivity index (χ3v) is 5.00. The number of ether oxygens (including phenoxy) is 1. The third kappa shape index (κ3) is 5.29. The van der Waals surface area contributed by atoms with Gasteiger partial charge in [0.1, 0.15) is 0 Å².